The monoisotopic (exact) mass is 301 g/mol. The molecular formula is C17H23N3O2. The average Bonchev–Trinajstić information content (AvgIpc) is 2.76. The van der Waals surface area contributed by atoms with Gasteiger partial charge < -0.3 is 10.6 Å². The number of urea groups is 1. The molecule has 5 heteroatoms. The summed E-state index contributed by atoms with van der Waals surface area (Å²) in [5, 5.41) is 8.84. The van der Waals surface area contributed by atoms with E-state index in [1.54, 1.807) is 0 Å². The molecule has 2 fully saturated rings. The maximum absolute atomic E-state index is 12.1. The van der Waals surface area contributed by atoms with Crippen molar-refractivity contribution < 1.29 is 9.59 Å². The third kappa shape index (κ3) is 2.39. The van der Waals surface area contributed by atoms with Crippen LogP contribution in [0.1, 0.15) is 43.7 Å². The zero-order valence-electron chi connectivity index (χ0n) is 13.2. The van der Waals surface area contributed by atoms with Gasteiger partial charge in [-0.25, -0.2) is 4.79 Å². The molecule has 1 saturated heterocycles. The topological polar surface area (TPSA) is 70.2 Å². The Morgan fingerprint density at radius 3 is 2.45 bits per heavy atom. The van der Waals surface area contributed by atoms with Gasteiger partial charge in [-0.15, -0.1) is 0 Å². The number of aryl methyl sites for hydroxylation is 1. The largest absolute Gasteiger partial charge is 0.323 e. The van der Waals surface area contributed by atoms with Crippen LogP contribution >= 0.6 is 0 Å². The minimum atomic E-state index is -0.709. The van der Waals surface area contributed by atoms with Gasteiger partial charge >= 0.3 is 6.03 Å². The molecule has 22 heavy (non-hydrogen) atoms. The summed E-state index contributed by atoms with van der Waals surface area (Å²) in [6.07, 6.45) is 2.98. The Morgan fingerprint density at radius 2 is 1.91 bits per heavy atom. The quantitative estimate of drug-likeness (QED) is 0.747. The van der Waals surface area contributed by atoms with Gasteiger partial charge in [-0.2, -0.15) is 0 Å². The second-order valence-corrected chi connectivity index (χ2v) is 6.47. The second-order valence-electron chi connectivity index (χ2n) is 6.47. The molecule has 1 heterocycles. The Morgan fingerprint density at radius 1 is 1.18 bits per heavy atom. The van der Waals surface area contributed by atoms with E-state index in [1.807, 2.05) is 0 Å². The summed E-state index contributed by atoms with van der Waals surface area (Å²) in [6.45, 7) is 5.07. The molecule has 1 saturated carbocycles. The van der Waals surface area contributed by atoms with Crippen LogP contribution in [0.25, 0.3) is 0 Å². The fourth-order valence-corrected chi connectivity index (χ4v) is 3.83. The smallest absolute Gasteiger partial charge is 0.322 e. The zero-order valence-corrected chi connectivity index (χ0v) is 13.2. The summed E-state index contributed by atoms with van der Waals surface area (Å²) < 4.78 is 0. The van der Waals surface area contributed by atoms with E-state index in [-0.39, 0.29) is 17.5 Å². The summed E-state index contributed by atoms with van der Waals surface area (Å²) in [5.41, 5.74) is 1.69. The van der Waals surface area contributed by atoms with E-state index >= 15 is 0 Å². The van der Waals surface area contributed by atoms with Crippen LogP contribution in [-0.2, 0) is 10.3 Å². The third-order valence-electron chi connectivity index (χ3n) is 5.06. The first-order valence-electron chi connectivity index (χ1n) is 7.95. The van der Waals surface area contributed by atoms with E-state index < -0.39 is 5.54 Å². The molecular weight excluding hydrogens is 278 g/mol. The predicted molar refractivity (Wildman–Crippen MR) is 84.4 cm³/mol. The first kappa shape index (κ1) is 15.0. The Balaban J connectivity index is 1.86. The SMILES string of the molecule is CCNC1(c2cccc(C)c2)CCC2(CC1)NC(=O)NC2=O. The Bertz CT molecular complexity index is 604. The van der Waals surface area contributed by atoms with Crippen molar-refractivity contribution in [3.63, 3.8) is 0 Å². The van der Waals surface area contributed by atoms with Crippen molar-refractivity contribution in [1.29, 1.82) is 0 Å². The molecule has 0 atom stereocenters. The maximum Gasteiger partial charge on any atom is 0.322 e. The number of amides is 3. The van der Waals surface area contributed by atoms with Crippen LogP contribution in [-0.4, -0.2) is 24.0 Å². The Kier molecular flexibility index (Phi) is 3.68. The highest BCUT2D eigenvalue weighted by Crippen LogP contribution is 2.42. The summed E-state index contributed by atoms with van der Waals surface area (Å²) in [7, 11) is 0. The van der Waals surface area contributed by atoms with Crippen LogP contribution in [0, 0.1) is 6.92 Å². The van der Waals surface area contributed by atoms with E-state index in [0.29, 0.717) is 12.8 Å². The molecule has 1 aliphatic carbocycles. The van der Waals surface area contributed by atoms with Crippen molar-refractivity contribution in [2.24, 2.45) is 0 Å². The first-order valence-corrected chi connectivity index (χ1v) is 7.95. The van der Waals surface area contributed by atoms with Crippen molar-refractivity contribution in [3.05, 3.63) is 35.4 Å². The number of carbonyl (C=O) groups excluding carboxylic acids is 2. The normalized spacial score (nSPS) is 31.2. The van der Waals surface area contributed by atoms with E-state index in [2.05, 4.69) is 54.1 Å². The van der Waals surface area contributed by atoms with Gasteiger partial charge in [0.05, 0.1) is 0 Å². The van der Waals surface area contributed by atoms with Crippen LogP contribution in [0.5, 0.6) is 0 Å². The van der Waals surface area contributed by atoms with Crippen LogP contribution in [0.15, 0.2) is 24.3 Å². The van der Waals surface area contributed by atoms with Crippen molar-refractivity contribution in [1.82, 2.24) is 16.0 Å². The van der Waals surface area contributed by atoms with E-state index in [4.69, 9.17) is 0 Å². The molecule has 0 bridgehead atoms. The number of nitrogens with one attached hydrogen (secondary N) is 3. The second kappa shape index (κ2) is 5.39. The molecule has 1 aromatic rings. The maximum atomic E-state index is 12.1. The van der Waals surface area contributed by atoms with Crippen molar-refractivity contribution in [2.75, 3.05) is 6.54 Å². The lowest BCUT2D eigenvalue weighted by Crippen LogP contribution is -2.56. The number of carbonyl (C=O) groups is 2. The minimum Gasteiger partial charge on any atom is -0.323 e. The molecule has 0 radical (unpaired) electrons. The van der Waals surface area contributed by atoms with E-state index in [9.17, 15) is 9.59 Å². The molecule has 1 spiro atoms. The van der Waals surface area contributed by atoms with Crippen molar-refractivity contribution in [3.8, 4) is 0 Å². The number of hydrogen-bond donors (Lipinski definition) is 3. The van der Waals surface area contributed by atoms with Gasteiger partial charge in [-0.05, 0) is 44.7 Å². The van der Waals surface area contributed by atoms with Gasteiger partial charge in [-0.3, -0.25) is 10.1 Å². The third-order valence-corrected chi connectivity index (χ3v) is 5.06. The fraction of sp³-hybridized carbons (Fsp3) is 0.529. The lowest BCUT2D eigenvalue weighted by Gasteiger charge is -2.44. The number of rotatable bonds is 3. The lowest BCUT2D eigenvalue weighted by molar-refractivity contribution is -0.125. The zero-order chi connectivity index (χ0) is 15.8. The molecule has 0 aromatic heterocycles. The molecule has 3 N–H and O–H groups in total. The lowest BCUT2D eigenvalue weighted by atomic mass is 9.69. The van der Waals surface area contributed by atoms with Gasteiger partial charge in [-0.1, -0.05) is 36.8 Å². The Hall–Kier alpha value is -1.88. The summed E-state index contributed by atoms with van der Waals surface area (Å²) >= 11 is 0. The van der Waals surface area contributed by atoms with E-state index in [1.165, 1.54) is 11.1 Å². The van der Waals surface area contributed by atoms with Crippen LogP contribution in [0.3, 0.4) is 0 Å². The highest BCUT2D eigenvalue weighted by atomic mass is 16.2. The first-order chi connectivity index (χ1) is 10.5. The van der Waals surface area contributed by atoms with Crippen LogP contribution < -0.4 is 16.0 Å². The fourth-order valence-electron chi connectivity index (χ4n) is 3.83. The van der Waals surface area contributed by atoms with Gasteiger partial charge in [0.2, 0.25) is 0 Å². The summed E-state index contributed by atoms with van der Waals surface area (Å²) in [5.74, 6) is -0.174. The molecule has 1 aliphatic heterocycles. The van der Waals surface area contributed by atoms with Gasteiger partial charge in [0, 0.05) is 5.54 Å². The predicted octanol–water partition coefficient (Wildman–Crippen LogP) is 1.95. The summed E-state index contributed by atoms with van der Waals surface area (Å²) in [4.78, 5) is 23.6. The molecule has 0 unspecified atom stereocenters. The van der Waals surface area contributed by atoms with Crippen molar-refractivity contribution in [2.45, 2.75) is 50.6 Å². The highest BCUT2D eigenvalue weighted by Gasteiger charge is 2.51. The average molecular weight is 301 g/mol. The molecule has 1 aromatic carbocycles. The van der Waals surface area contributed by atoms with Crippen LogP contribution in [0.4, 0.5) is 4.79 Å². The molecule has 3 rings (SSSR count). The molecule has 2 aliphatic rings. The molecule has 118 valence electrons. The molecule has 5 nitrogen and oxygen atoms in total. The number of benzene rings is 1. The standard InChI is InChI=1S/C17H23N3O2/c1-3-18-16(13-6-4-5-12(2)11-13)7-9-17(10-8-16)14(21)19-15(22)20-17/h4-6,11,18H,3,7-10H2,1-2H3,(H2,19,20,21,22). The molecule has 3 amide bonds. The summed E-state index contributed by atoms with van der Waals surface area (Å²) in [6, 6.07) is 8.18. The van der Waals surface area contributed by atoms with Gasteiger partial charge in [0.1, 0.15) is 5.54 Å². The van der Waals surface area contributed by atoms with Gasteiger partial charge in [0.25, 0.3) is 5.91 Å². The highest BCUT2D eigenvalue weighted by molar-refractivity contribution is 6.07. The minimum absolute atomic E-state index is 0.111. The van der Waals surface area contributed by atoms with Gasteiger partial charge in [0.15, 0.2) is 0 Å². The van der Waals surface area contributed by atoms with Crippen molar-refractivity contribution >= 4 is 11.9 Å². The van der Waals surface area contributed by atoms with E-state index in [0.717, 1.165) is 19.4 Å². The van der Waals surface area contributed by atoms with Crippen LogP contribution in [0.2, 0.25) is 0 Å². The Labute approximate surface area is 130 Å². The number of imide groups is 1. The number of hydrogen-bond acceptors (Lipinski definition) is 3.